The number of carboxylic acid groups (broad SMARTS) is 4. The van der Waals surface area contributed by atoms with Gasteiger partial charge in [0.2, 0.25) is 0 Å². The van der Waals surface area contributed by atoms with Crippen LogP contribution in [0.25, 0.3) is 0 Å². The van der Waals surface area contributed by atoms with Crippen molar-refractivity contribution in [3.05, 3.63) is 0 Å². The van der Waals surface area contributed by atoms with Gasteiger partial charge in [-0.1, -0.05) is 31.9 Å². The summed E-state index contributed by atoms with van der Waals surface area (Å²) in [4.78, 5) is 37.5. The lowest BCUT2D eigenvalue weighted by atomic mass is 10.3. The Balaban J connectivity index is 0. The van der Waals surface area contributed by atoms with Crippen LogP contribution >= 0.6 is 31.9 Å². The Kier molecular flexibility index (Phi) is 10.5. The quantitative estimate of drug-likeness (QED) is 0.479. The number of carbonyl (C=O) groups is 4. The fourth-order valence-electron chi connectivity index (χ4n) is 0.481. The minimum absolute atomic E-state index is 0.394. The van der Waals surface area contributed by atoms with E-state index in [4.69, 9.17) is 20.4 Å². The molecule has 104 valence electrons. The third-order valence-electron chi connectivity index (χ3n) is 1.24. The second kappa shape index (κ2) is 9.83. The predicted octanol–water partition coefficient (Wildman–Crippen LogP) is 0.618. The molecule has 0 aromatic carbocycles. The molecule has 0 radical (unpaired) electrons. The molecule has 0 spiro atoms. The van der Waals surface area contributed by atoms with Crippen LogP contribution in [0, 0.1) is 0 Å². The van der Waals surface area contributed by atoms with Gasteiger partial charge in [0.1, 0.15) is 9.65 Å². The van der Waals surface area contributed by atoms with Crippen molar-refractivity contribution in [2.45, 2.75) is 22.5 Å². The minimum Gasteiger partial charge on any atom is -0.481 e. The average Bonchev–Trinajstić information content (AvgIpc) is 2.16. The normalized spacial score (nSPS) is 12.6. The molecule has 2 unspecified atom stereocenters. The lowest BCUT2D eigenvalue weighted by molar-refractivity contribution is -0.142. The van der Waals surface area contributed by atoms with E-state index in [0.29, 0.717) is 0 Å². The SMILES string of the molecule is O=C(O)CC(Br)C(=O)O.O=C(O)CC(Br)C(=O)O. The molecule has 0 rings (SSSR count). The smallest absolute Gasteiger partial charge is 0.317 e. The molecular formula is C8H10Br2O8. The Bertz CT molecular complexity index is 297. The first kappa shape index (κ1) is 19.2. The Hall–Kier alpha value is -1.16. The highest BCUT2D eigenvalue weighted by Gasteiger charge is 2.16. The van der Waals surface area contributed by atoms with E-state index in [2.05, 4.69) is 31.9 Å². The van der Waals surface area contributed by atoms with E-state index in [1.165, 1.54) is 0 Å². The van der Waals surface area contributed by atoms with E-state index in [0.717, 1.165) is 0 Å². The Morgan fingerprint density at radius 1 is 0.722 bits per heavy atom. The lowest BCUT2D eigenvalue weighted by Gasteiger charge is -1.96. The molecule has 18 heavy (non-hydrogen) atoms. The van der Waals surface area contributed by atoms with E-state index in [9.17, 15) is 19.2 Å². The molecule has 0 saturated heterocycles. The first-order valence-electron chi connectivity index (χ1n) is 4.25. The van der Waals surface area contributed by atoms with Crippen molar-refractivity contribution in [1.29, 1.82) is 0 Å². The Morgan fingerprint density at radius 3 is 1.00 bits per heavy atom. The molecule has 0 aromatic rings. The molecule has 0 aliphatic heterocycles. The second-order valence-corrected chi connectivity index (χ2v) is 5.02. The van der Waals surface area contributed by atoms with Gasteiger partial charge in [0.05, 0.1) is 12.8 Å². The van der Waals surface area contributed by atoms with Gasteiger partial charge in [-0.2, -0.15) is 0 Å². The summed E-state index contributed by atoms with van der Waals surface area (Å²) in [6.45, 7) is 0. The fourth-order valence-corrected chi connectivity index (χ4v) is 1.04. The molecule has 0 aliphatic rings. The van der Waals surface area contributed by atoms with Crippen LogP contribution in [0.5, 0.6) is 0 Å². The summed E-state index contributed by atoms with van der Waals surface area (Å²) < 4.78 is 0. The summed E-state index contributed by atoms with van der Waals surface area (Å²) in [6, 6.07) is 0. The molecule has 4 N–H and O–H groups in total. The van der Waals surface area contributed by atoms with Gasteiger partial charge in [-0.25, -0.2) is 0 Å². The molecule has 8 nitrogen and oxygen atoms in total. The van der Waals surface area contributed by atoms with Gasteiger partial charge in [-0.3, -0.25) is 19.2 Å². The number of carboxylic acids is 4. The summed E-state index contributed by atoms with van der Waals surface area (Å²) in [5.74, 6) is -4.56. The van der Waals surface area contributed by atoms with Crippen LogP contribution in [0.2, 0.25) is 0 Å². The van der Waals surface area contributed by atoms with Crippen LogP contribution in [-0.2, 0) is 19.2 Å². The molecule has 0 amide bonds. The van der Waals surface area contributed by atoms with Crippen molar-refractivity contribution in [2.24, 2.45) is 0 Å². The lowest BCUT2D eigenvalue weighted by Crippen LogP contribution is -2.16. The molecular weight excluding hydrogens is 384 g/mol. The van der Waals surface area contributed by atoms with E-state index in [1.54, 1.807) is 0 Å². The second-order valence-electron chi connectivity index (χ2n) is 2.81. The van der Waals surface area contributed by atoms with Gasteiger partial charge in [0.25, 0.3) is 0 Å². The van der Waals surface area contributed by atoms with Crippen molar-refractivity contribution < 1.29 is 39.6 Å². The molecule has 0 heterocycles. The van der Waals surface area contributed by atoms with Crippen molar-refractivity contribution in [1.82, 2.24) is 0 Å². The number of aliphatic carboxylic acids is 4. The van der Waals surface area contributed by atoms with Crippen molar-refractivity contribution in [2.75, 3.05) is 0 Å². The predicted molar refractivity (Wildman–Crippen MR) is 65.2 cm³/mol. The summed E-state index contributed by atoms with van der Waals surface area (Å²) in [7, 11) is 0. The Labute approximate surface area is 118 Å². The third-order valence-corrected chi connectivity index (χ3v) is 2.67. The monoisotopic (exact) mass is 392 g/mol. The van der Waals surface area contributed by atoms with Crippen LogP contribution in [0.1, 0.15) is 12.8 Å². The minimum atomic E-state index is -1.16. The van der Waals surface area contributed by atoms with Gasteiger partial charge in [-0.05, 0) is 0 Å². The maximum Gasteiger partial charge on any atom is 0.317 e. The van der Waals surface area contributed by atoms with Gasteiger partial charge < -0.3 is 20.4 Å². The van der Waals surface area contributed by atoms with Crippen LogP contribution in [0.4, 0.5) is 0 Å². The highest BCUT2D eigenvalue weighted by Crippen LogP contribution is 2.04. The van der Waals surface area contributed by atoms with E-state index >= 15 is 0 Å². The first-order valence-corrected chi connectivity index (χ1v) is 6.08. The molecule has 0 saturated carbocycles. The highest BCUT2D eigenvalue weighted by molar-refractivity contribution is 9.10. The maximum absolute atomic E-state index is 9.92. The maximum atomic E-state index is 9.92. The topological polar surface area (TPSA) is 149 Å². The van der Waals surface area contributed by atoms with Gasteiger partial charge in [0.15, 0.2) is 0 Å². The Morgan fingerprint density at radius 2 is 0.944 bits per heavy atom. The summed E-state index contributed by atoms with van der Waals surface area (Å²) >= 11 is 5.32. The number of hydrogen-bond donors (Lipinski definition) is 4. The average molecular weight is 394 g/mol. The van der Waals surface area contributed by atoms with Crippen molar-refractivity contribution >= 4 is 55.7 Å². The first-order chi connectivity index (χ1) is 8.07. The molecule has 10 heteroatoms. The number of hydrogen-bond acceptors (Lipinski definition) is 4. The fraction of sp³-hybridized carbons (Fsp3) is 0.500. The molecule has 0 aliphatic carbocycles. The van der Waals surface area contributed by atoms with Gasteiger partial charge in [0, 0.05) is 0 Å². The van der Waals surface area contributed by atoms with Crippen molar-refractivity contribution in [3.8, 4) is 0 Å². The zero-order valence-corrected chi connectivity index (χ0v) is 11.9. The standard InChI is InChI=1S/2C4H5BrO4/c2*5-2(4(8)9)1-3(6)7/h2*2H,1H2,(H,6,7)(H,8,9). The zero-order valence-electron chi connectivity index (χ0n) is 8.75. The van der Waals surface area contributed by atoms with E-state index in [-0.39, 0.29) is 0 Å². The molecule has 2 atom stereocenters. The highest BCUT2D eigenvalue weighted by atomic mass is 79.9. The number of rotatable bonds is 6. The van der Waals surface area contributed by atoms with E-state index < -0.39 is 46.4 Å². The van der Waals surface area contributed by atoms with Crippen LogP contribution in [-0.4, -0.2) is 54.0 Å². The molecule has 0 aromatic heterocycles. The summed E-state index contributed by atoms with van der Waals surface area (Å²) in [5, 5.41) is 32.3. The third kappa shape index (κ3) is 12.9. The van der Waals surface area contributed by atoms with Crippen molar-refractivity contribution in [3.63, 3.8) is 0 Å². The number of halogens is 2. The van der Waals surface area contributed by atoms with Crippen LogP contribution < -0.4 is 0 Å². The van der Waals surface area contributed by atoms with Crippen LogP contribution in [0.3, 0.4) is 0 Å². The molecule has 0 fully saturated rings. The number of alkyl halides is 2. The van der Waals surface area contributed by atoms with Crippen LogP contribution in [0.15, 0.2) is 0 Å². The van der Waals surface area contributed by atoms with Gasteiger partial charge in [-0.15, -0.1) is 0 Å². The van der Waals surface area contributed by atoms with E-state index in [1.807, 2.05) is 0 Å². The largest absolute Gasteiger partial charge is 0.481 e. The van der Waals surface area contributed by atoms with Gasteiger partial charge >= 0.3 is 23.9 Å². The summed E-state index contributed by atoms with van der Waals surface area (Å²) in [6.07, 6.45) is -0.787. The zero-order chi connectivity index (χ0) is 14.9. The molecule has 0 bridgehead atoms. The summed E-state index contributed by atoms with van der Waals surface area (Å²) in [5.41, 5.74) is 0.